The Labute approximate surface area is 90.2 Å². The van der Waals surface area contributed by atoms with Gasteiger partial charge in [-0.05, 0) is 19.8 Å². The zero-order valence-corrected chi connectivity index (χ0v) is 9.59. The maximum atomic E-state index is 11.3. The number of unbranched alkanes of at least 4 members (excludes halogenated alkanes) is 1. The Hall–Kier alpha value is -1.26. The van der Waals surface area contributed by atoms with Crippen LogP contribution in [0.4, 0.5) is 4.79 Å². The highest BCUT2D eigenvalue weighted by Gasteiger charge is 2.32. The van der Waals surface area contributed by atoms with Crippen molar-refractivity contribution in [1.29, 1.82) is 0 Å². The molecule has 0 aromatic heterocycles. The van der Waals surface area contributed by atoms with Crippen molar-refractivity contribution in [2.24, 2.45) is 0 Å². The molecule has 88 valence electrons. The molecule has 0 rings (SSSR count). The quantitative estimate of drug-likeness (QED) is 0.586. The molecular weight excluding hydrogens is 196 g/mol. The van der Waals surface area contributed by atoms with E-state index in [1.54, 1.807) is 6.92 Å². The molecule has 5 nitrogen and oxygen atoms in total. The normalized spacial score (nSPS) is 14.1. The highest BCUT2D eigenvalue weighted by molar-refractivity contribution is 5.85. The average Bonchev–Trinajstić information content (AvgIpc) is 2.17. The molecule has 0 bridgehead atoms. The van der Waals surface area contributed by atoms with Crippen molar-refractivity contribution in [1.82, 2.24) is 10.6 Å². The maximum absolute atomic E-state index is 11.3. The lowest BCUT2D eigenvalue weighted by atomic mass is 10.00. The van der Waals surface area contributed by atoms with E-state index in [-0.39, 0.29) is 0 Å². The van der Waals surface area contributed by atoms with Crippen LogP contribution in [0.5, 0.6) is 0 Å². The number of hydrogen-bond donors (Lipinski definition) is 3. The molecule has 1 unspecified atom stereocenters. The maximum Gasteiger partial charge on any atom is 0.329 e. The molecular formula is C10H20N2O3. The van der Waals surface area contributed by atoms with Crippen molar-refractivity contribution in [2.45, 2.75) is 45.6 Å². The fraction of sp³-hybridized carbons (Fsp3) is 0.800. The number of amides is 2. The fourth-order valence-corrected chi connectivity index (χ4v) is 0.967. The molecule has 0 aromatic carbocycles. The Bertz CT molecular complexity index is 231. The van der Waals surface area contributed by atoms with Crippen LogP contribution >= 0.6 is 0 Å². The largest absolute Gasteiger partial charge is 0.480 e. The molecule has 0 radical (unpaired) electrons. The summed E-state index contributed by atoms with van der Waals surface area (Å²) in [4.78, 5) is 22.2. The molecule has 0 spiro atoms. The summed E-state index contributed by atoms with van der Waals surface area (Å²) in [7, 11) is 0. The average molecular weight is 216 g/mol. The van der Waals surface area contributed by atoms with Crippen LogP contribution in [-0.2, 0) is 4.79 Å². The Morgan fingerprint density at radius 2 is 1.93 bits per heavy atom. The second-order valence-electron chi connectivity index (χ2n) is 3.73. The summed E-state index contributed by atoms with van der Waals surface area (Å²) in [6.07, 6.45) is 2.23. The minimum absolute atomic E-state index is 0.351. The van der Waals surface area contributed by atoms with E-state index < -0.39 is 17.5 Å². The van der Waals surface area contributed by atoms with Crippen molar-refractivity contribution in [3.05, 3.63) is 0 Å². The number of rotatable bonds is 6. The van der Waals surface area contributed by atoms with Gasteiger partial charge in [-0.3, -0.25) is 0 Å². The van der Waals surface area contributed by atoms with E-state index >= 15 is 0 Å². The summed E-state index contributed by atoms with van der Waals surface area (Å²) >= 11 is 0. The monoisotopic (exact) mass is 216 g/mol. The van der Waals surface area contributed by atoms with E-state index in [0.29, 0.717) is 13.0 Å². The number of urea groups is 1. The summed E-state index contributed by atoms with van der Waals surface area (Å²) in [6, 6.07) is -0.421. The predicted molar refractivity (Wildman–Crippen MR) is 57.8 cm³/mol. The standard InChI is InChI=1S/C10H20N2O3/c1-4-6-7-11-9(15)12-10(3,5-2)8(13)14/h4-7H2,1-3H3,(H,13,14)(H2,11,12,15). The van der Waals surface area contributed by atoms with Crippen molar-refractivity contribution in [2.75, 3.05) is 6.54 Å². The van der Waals surface area contributed by atoms with Gasteiger partial charge in [-0.1, -0.05) is 20.3 Å². The van der Waals surface area contributed by atoms with Crippen molar-refractivity contribution < 1.29 is 14.7 Å². The lowest BCUT2D eigenvalue weighted by Gasteiger charge is -2.24. The molecule has 2 amide bonds. The van der Waals surface area contributed by atoms with Gasteiger partial charge < -0.3 is 15.7 Å². The molecule has 15 heavy (non-hydrogen) atoms. The van der Waals surface area contributed by atoms with E-state index in [0.717, 1.165) is 12.8 Å². The third-order valence-electron chi connectivity index (χ3n) is 2.38. The number of nitrogens with one attached hydrogen (secondary N) is 2. The Morgan fingerprint density at radius 1 is 1.33 bits per heavy atom. The number of hydrogen-bond acceptors (Lipinski definition) is 2. The number of carbonyl (C=O) groups excluding carboxylic acids is 1. The van der Waals surface area contributed by atoms with E-state index in [1.165, 1.54) is 6.92 Å². The Morgan fingerprint density at radius 3 is 2.33 bits per heavy atom. The summed E-state index contributed by atoms with van der Waals surface area (Å²) in [5.41, 5.74) is -1.18. The zero-order valence-electron chi connectivity index (χ0n) is 9.59. The predicted octanol–water partition coefficient (Wildman–Crippen LogP) is 1.34. The van der Waals surface area contributed by atoms with Gasteiger partial charge in [0.1, 0.15) is 5.54 Å². The molecule has 0 fully saturated rings. The van der Waals surface area contributed by atoms with Gasteiger partial charge >= 0.3 is 12.0 Å². The zero-order chi connectivity index (χ0) is 11.9. The minimum atomic E-state index is -1.18. The van der Waals surface area contributed by atoms with Gasteiger partial charge in [0, 0.05) is 6.54 Å². The van der Waals surface area contributed by atoms with Gasteiger partial charge in [0.15, 0.2) is 0 Å². The highest BCUT2D eigenvalue weighted by atomic mass is 16.4. The SMILES string of the molecule is CCCCNC(=O)NC(C)(CC)C(=O)O. The van der Waals surface area contributed by atoms with Gasteiger partial charge in [-0.15, -0.1) is 0 Å². The topological polar surface area (TPSA) is 78.4 Å². The molecule has 0 saturated carbocycles. The van der Waals surface area contributed by atoms with E-state index in [2.05, 4.69) is 10.6 Å². The first-order valence-electron chi connectivity index (χ1n) is 5.25. The summed E-state index contributed by atoms with van der Waals surface area (Å²) < 4.78 is 0. The number of aliphatic carboxylic acids is 1. The van der Waals surface area contributed by atoms with Crippen LogP contribution in [0.15, 0.2) is 0 Å². The molecule has 1 atom stereocenters. The lowest BCUT2D eigenvalue weighted by molar-refractivity contribution is -0.143. The van der Waals surface area contributed by atoms with Crippen LogP contribution in [0, 0.1) is 0 Å². The van der Waals surface area contributed by atoms with Crippen molar-refractivity contribution in [3.63, 3.8) is 0 Å². The van der Waals surface area contributed by atoms with Crippen LogP contribution < -0.4 is 10.6 Å². The molecule has 0 aliphatic rings. The van der Waals surface area contributed by atoms with Crippen molar-refractivity contribution >= 4 is 12.0 Å². The Kier molecular flexibility index (Phi) is 5.74. The van der Waals surface area contributed by atoms with E-state index in [9.17, 15) is 9.59 Å². The minimum Gasteiger partial charge on any atom is -0.480 e. The molecule has 0 heterocycles. The summed E-state index contributed by atoms with van der Waals surface area (Å²) in [5, 5.41) is 14.0. The highest BCUT2D eigenvalue weighted by Crippen LogP contribution is 2.08. The second kappa shape index (κ2) is 6.27. The van der Waals surface area contributed by atoms with E-state index in [1.807, 2.05) is 6.92 Å². The van der Waals surface area contributed by atoms with Crippen LogP contribution in [0.3, 0.4) is 0 Å². The van der Waals surface area contributed by atoms with Crippen LogP contribution in [-0.4, -0.2) is 29.2 Å². The smallest absolute Gasteiger partial charge is 0.329 e. The van der Waals surface area contributed by atoms with E-state index in [4.69, 9.17) is 5.11 Å². The third kappa shape index (κ3) is 4.67. The summed E-state index contributed by atoms with van der Waals surface area (Å²) in [5.74, 6) is -1.02. The molecule has 0 aliphatic carbocycles. The Balaban J connectivity index is 4.08. The number of carboxylic acids is 1. The first kappa shape index (κ1) is 13.7. The summed E-state index contributed by atoms with van der Waals surface area (Å²) in [6.45, 7) is 5.81. The van der Waals surface area contributed by atoms with Gasteiger partial charge in [-0.25, -0.2) is 9.59 Å². The van der Waals surface area contributed by atoms with Gasteiger partial charge in [-0.2, -0.15) is 0 Å². The van der Waals surface area contributed by atoms with Gasteiger partial charge in [0.25, 0.3) is 0 Å². The van der Waals surface area contributed by atoms with Crippen LogP contribution in [0.1, 0.15) is 40.0 Å². The second-order valence-corrected chi connectivity index (χ2v) is 3.73. The van der Waals surface area contributed by atoms with Crippen molar-refractivity contribution in [3.8, 4) is 0 Å². The molecule has 0 saturated heterocycles. The number of carbonyl (C=O) groups is 2. The molecule has 0 aromatic rings. The van der Waals surface area contributed by atoms with Crippen LogP contribution in [0.2, 0.25) is 0 Å². The molecule has 3 N–H and O–H groups in total. The van der Waals surface area contributed by atoms with Gasteiger partial charge in [0.05, 0.1) is 0 Å². The first-order chi connectivity index (χ1) is 6.96. The lowest BCUT2D eigenvalue weighted by Crippen LogP contribution is -2.54. The fourth-order valence-electron chi connectivity index (χ4n) is 0.967. The van der Waals surface area contributed by atoms with Crippen LogP contribution in [0.25, 0.3) is 0 Å². The third-order valence-corrected chi connectivity index (χ3v) is 2.38. The van der Waals surface area contributed by atoms with Gasteiger partial charge in [0.2, 0.25) is 0 Å². The molecule has 0 aliphatic heterocycles. The number of carboxylic acid groups (broad SMARTS) is 1. The first-order valence-corrected chi connectivity index (χ1v) is 5.25. The molecule has 5 heteroatoms.